The Morgan fingerprint density at radius 3 is 2.66 bits per heavy atom. The molecule has 0 amide bonds. The number of aliphatic hydroxyl groups is 3. The predicted octanol–water partition coefficient (Wildman–Crippen LogP) is 4.17. The maximum absolute atomic E-state index is 10.3. The molecule has 1 aliphatic heterocycles. The van der Waals surface area contributed by atoms with Gasteiger partial charge in [0.1, 0.15) is 6.61 Å². The summed E-state index contributed by atoms with van der Waals surface area (Å²) in [6, 6.07) is 0. The average molecular weight is 408 g/mol. The zero-order valence-electron chi connectivity index (χ0n) is 18.5. The third kappa shape index (κ3) is 8.23. The second kappa shape index (κ2) is 11.9. The largest absolute Gasteiger partial charge is 0.478 e. The Labute approximate surface area is 176 Å². The van der Waals surface area contributed by atoms with E-state index in [1.54, 1.807) is 0 Å². The molecule has 1 saturated carbocycles. The predicted molar refractivity (Wildman–Crippen MR) is 118 cm³/mol. The number of rotatable bonds is 12. The van der Waals surface area contributed by atoms with Gasteiger partial charge in [-0.05, 0) is 45.4 Å². The van der Waals surface area contributed by atoms with E-state index in [0.29, 0.717) is 13.0 Å². The fourth-order valence-corrected chi connectivity index (χ4v) is 4.20. The maximum atomic E-state index is 10.3. The van der Waals surface area contributed by atoms with Gasteiger partial charge in [0.25, 0.3) is 0 Å². The molecule has 1 aliphatic carbocycles. The number of allylic oxidation sites excluding steroid dienone is 2. The van der Waals surface area contributed by atoms with Crippen LogP contribution in [0.3, 0.4) is 0 Å². The summed E-state index contributed by atoms with van der Waals surface area (Å²) in [4.78, 5) is 4.57. The summed E-state index contributed by atoms with van der Waals surface area (Å²) in [6.07, 6.45) is 14.5. The fourth-order valence-electron chi connectivity index (χ4n) is 4.20. The molecule has 0 saturated heterocycles. The van der Waals surface area contributed by atoms with Crippen molar-refractivity contribution in [1.29, 1.82) is 0 Å². The molecule has 29 heavy (non-hydrogen) atoms. The Morgan fingerprint density at radius 1 is 1.17 bits per heavy atom. The highest BCUT2D eigenvalue weighted by Crippen LogP contribution is 2.36. The Balaban J connectivity index is 1.74. The molecule has 0 aromatic carbocycles. The number of hydrogen-bond donors (Lipinski definition) is 3. The van der Waals surface area contributed by atoms with Crippen LogP contribution >= 0.6 is 0 Å². The van der Waals surface area contributed by atoms with Gasteiger partial charge in [0, 0.05) is 18.8 Å². The minimum Gasteiger partial charge on any atom is -0.478 e. The summed E-state index contributed by atoms with van der Waals surface area (Å²) in [6.45, 7) is 6.98. The molecule has 2 rings (SSSR count). The molecule has 0 unspecified atom stereocenters. The highest BCUT2D eigenvalue weighted by Gasteiger charge is 2.39. The van der Waals surface area contributed by atoms with Crippen LogP contribution in [0.5, 0.6) is 0 Å². The minimum absolute atomic E-state index is 0.00341. The summed E-state index contributed by atoms with van der Waals surface area (Å²) in [5, 5.41) is 30.8. The Hall–Kier alpha value is -1.17. The summed E-state index contributed by atoms with van der Waals surface area (Å²) in [5.41, 5.74) is -0.0866. The zero-order chi connectivity index (χ0) is 21.3. The van der Waals surface area contributed by atoms with Crippen LogP contribution in [0.25, 0.3) is 0 Å². The number of hydrogen-bond acceptors (Lipinski definition) is 5. The van der Waals surface area contributed by atoms with E-state index >= 15 is 0 Å². The SMILES string of the molecule is CCCCC[C@H](O)/C=C/[C@@H]1[C@@H](C/C=C\CCCC2=NC(C)(C)CO2)[C@@H](O)C[C@H]1O. The Kier molecular flexibility index (Phi) is 9.87. The highest BCUT2D eigenvalue weighted by atomic mass is 16.5. The number of aliphatic hydroxyl groups excluding tert-OH is 3. The molecule has 0 aromatic heterocycles. The van der Waals surface area contributed by atoms with Gasteiger partial charge in [-0.3, -0.25) is 0 Å². The molecule has 1 heterocycles. The second-order valence-corrected chi connectivity index (χ2v) is 9.27. The van der Waals surface area contributed by atoms with Gasteiger partial charge in [-0.1, -0.05) is 50.5 Å². The monoisotopic (exact) mass is 407 g/mol. The first-order valence-electron chi connectivity index (χ1n) is 11.4. The first-order chi connectivity index (χ1) is 13.8. The average Bonchev–Trinajstić information content (AvgIpc) is 3.14. The first kappa shape index (κ1) is 24.1. The highest BCUT2D eigenvalue weighted by molar-refractivity contribution is 5.78. The quantitative estimate of drug-likeness (QED) is 0.335. The molecule has 0 bridgehead atoms. The molecule has 0 radical (unpaired) electrons. The fraction of sp³-hybridized carbons (Fsp3) is 0.792. The Morgan fingerprint density at radius 2 is 1.97 bits per heavy atom. The lowest BCUT2D eigenvalue weighted by atomic mass is 9.89. The molecule has 1 fully saturated rings. The number of unbranched alkanes of at least 4 members (excludes halogenated alkanes) is 3. The van der Waals surface area contributed by atoms with Gasteiger partial charge in [-0.25, -0.2) is 4.99 Å². The van der Waals surface area contributed by atoms with Gasteiger partial charge in [-0.2, -0.15) is 0 Å². The summed E-state index contributed by atoms with van der Waals surface area (Å²) in [7, 11) is 0. The van der Waals surface area contributed by atoms with E-state index in [-0.39, 0.29) is 17.4 Å². The number of aliphatic imine (C=N–C) groups is 1. The third-order valence-electron chi connectivity index (χ3n) is 5.93. The van der Waals surface area contributed by atoms with Crippen molar-refractivity contribution in [3.63, 3.8) is 0 Å². The van der Waals surface area contributed by atoms with Crippen molar-refractivity contribution < 1.29 is 20.1 Å². The smallest absolute Gasteiger partial charge is 0.183 e. The van der Waals surface area contributed by atoms with Crippen LogP contribution in [-0.4, -0.2) is 51.7 Å². The van der Waals surface area contributed by atoms with Crippen molar-refractivity contribution in [3.05, 3.63) is 24.3 Å². The van der Waals surface area contributed by atoms with Crippen LogP contribution in [0.1, 0.15) is 78.6 Å². The molecule has 2 aliphatic rings. The van der Waals surface area contributed by atoms with Gasteiger partial charge in [0.15, 0.2) is 5.90 Å². The number of nitrogens with zero attached hydrogens (tertiary/aromatic N) is 1. The lowest BCUT2D eigenvalue weighted by Crippen LogP contribution is -2.20. The molecular formula is C24H41NO4. The molecule has 5 atom stereocenters. The van der Waals surface area contributed by atoms with E-state index in [4.69, 9.17) is 4.74 Å². The second-order valence-electron chi connectivity index (χ2n) is 9.27. The third-order valence-corrected chi connectivity index (χ3v) is 5.93. The lowest BCUT2D eigenvalue weighted by Gasteiger charge is -2.19. The van der Waals surface area contributed by atoms with Gasteiger partial charge >= 0.3 is 0 Å². The Bertz CT molecular complexity index is 569. The molecule has 5 nitrogen and oxygen atoms in total. The van der Waals surface area contributed by atoms with E-state index in [1.165, 1.54) is 0 Å². The van der Waals surface area contributed by atoms with Crippen molar-refractivity contribution in [2.24, 2.45) is 16.8 Å². The minimum atomic E-state index is -0.539. The van der Waals surface area contributed by atoms with Crippen molar-refractivity contribution in [1.82, 2.24) is 0 Å². The van der Waals surface area contributed by atoms with Crippen LogP contribution in [0.15, 0.2) is 29.3 Å². The van der Waals surface area contributed by atoms with Crippen LogP contribution in [0, 0.1) is 11.8 Å². The van der Waals surface area contributed by atoms with Crippen molar-refractivity contribution in [3.8, 4) is 0 Å². The van der Waals surface area contributed by atoms with Crippen LogP contribution in [-0.2, 0) is 4.74 Å². The van der Waals surface area contributed by atoms with Gasteiger partial charge < -0.3 is 20.1 Å². The summed E-state index contributed by atoms with van der Waals surface area (Å²) >= 11 is 0. The van der Waals surface area contributed by atoms with Crippen molar-refractivity contribution in [2.45, 2.75) is 102 Å². The zero-order valence-corrected chi connectivity index (χ0v) is 18.5. The topological polar surface area (TPSA) is 82.3 Å². The lowest BCUT2D eigenvalue weighted by molar-refractivity contribution is 0.120. The molecule has 0 aromatic rings. The molecule has 5 heteroatoms. The van der Waals surface area contributed by atoms with E-state index < -0.39 is 18.3 Å². The molecule has 166 valence electrons. The van der Waals surface area contributed by atoms with Crippen molar-refractivity contribution in [2.75, 3.05) is 6.61 Å². The van der Waals surface area contributed by atoms with E-state index in [1.807, 2.05) is 12.2 Å². The van der Waals surface area contributed by atoms with Gasteiger partial charge in [-0.15, -0.1) is 0 Å². The normalized spacial score (nSPS) is 30.2. The van der Waals surface area contributed by atoms with E-state index in [0.717, 1.165) is 57.3 Å². The van der Waals surface area contributed by atoms with Crippen LogP contribution in [0.2, 0.25) is 0 Å². The summed E-state index contributed by atoms with van der Waals surface area (Å²) < 4.78 is 5.61. The van der Waals surface area contributed by atoms with Crippen LogP contribution in [0.4, 0.5) is 0 Å². The van der Waals surface area contributed by atoms with Crippen LogP contribution < -0.4 is 0 Å². The van der Waals surface area contributed by atoms with Crippen molar-refractivity contribution >= 4 is 5.90 Å². The van der Waals surface area contributed by atoms with Gasteiger partial charge in [0.2, 0.25) is 0 Å². The maximum Gasteiger partial charge on any atom is 0.183 e. The first-order valence-corrected chi connectivity index (χ1v) is 11.4. The molecule has 0 spiro atoms. The standard InChI is InChI=1S/C24H41NO4/c1-4-5-8-11-18(26)14-15-20-19(21(27)16-22(20)28)12-9-6-7-10-13-23-25-24(2,3)17-29-23/h6,9,14-15,18-22,26-28H,4-5,7-8,10-13,16-17H2,1-3H3/b9-6-,15-14+/t18-,19+,20+,21-,22+/m0/s1. The number of ether oxygens (including phenoxy) is 1. The summed E-state index contributed by atoms with van der Waals surface area (Å²) in [5.74, 6) is 0.767. The van der Waals surface area contributed by atoms with Gasteiger partial charge in [0.05, 0.1) is 23.9 Å². The molecular weight excluding hydrogens is 366 g/mol. The molecule has 3 N–H and O–H groups in total. The van der Waals surface area contributed by atoms with E-state index in [2.05, 4.69) is 37.9 Å². The van der Waals surface area contributed by atoms with E-state index in [9.17, 15) is 15.3 Å².